The van der Waals surface area contributed by atoms with Crippen LogP contribution in [0.4, 0.5) is 0 Å². The minimum absolute atomic E-state index is 0.0348. The Bertz CT molecular complexity index is 649. The number of aromatic nitrogens is 2. The van der Waals surface area contributed by atoms with Crippen LogP contribution in [0.3, 0.4) is 0 Å². The molecule has 0 bridgehead atoms. The van der Waals surface area contributed by atoms with Gasteiger partial charge in [0.05, 0.1) is 17.5 Å². The van der Waals surface area contributed by atoms with Gasteiger partial charge in [0.15, 0.2) is 0 Å². The molecule has 1 fully saturated rings. The molecule has 0 saturated carbocycles. The summed E-state index contributed by atoms with van der Waals surface area (Å²) in [6, 6.07) is 7.66. The summed E-state index contributed by atoms with van der Waals surface area (Å²) in [5.74, 6) is -0.0348. The smallest absolute Gasteiger partial charge is 0.257 e. The molecule has 2 N–H and O–H groups in total. The van der Waals surface area contributed by atoms with Gasteiger partial charge in [0, 0.05) is 30.2 Å². The predicted octanol–water partition coefficient (Wildman–Crippen LogP) is 2.16. The van der Waals surface area contributed by atoms with Crippen molar-refractivity contribution in [3.63, 3.8) is 0 Å². The van der Waals surface area contributed by atoms with Gasteiger partial charge in [-0.1, -0.05) is 29.8 Å². The fraction of sp³-hybridized carbons (Fsp3) is 0.333. The Hall–Kier alpha value is -1.85. The molecule has 1 amide bonds. The molecule has 1 saturated heterocycles. The number of hydrogen-bond acceptors (Lipinski definition) is 3. The van der Waals surface area contributed by atoms with Gasteiger partial charge in [0.25, 0.3) is 5.91 Å². The summed E-state index contributed by atoms with van der Waals surface area (Å²) in [5, 5.41) is 10.8. The number of H-pyrrole nitrogens is 1. The van der Waals surface area contributed by atoms with Crippen molar-refractivity contribution in [2.24, 2.45) is 0 Å². The highest BCUT2D eigenvalue weighted by Crippen LogP contribution is 2.29. The van der Waals surface area contributed by atoms with Gasteiger partial charge >= 0.3 is 0 Å². The Morgan fingerprint density at radius 1 is 1.43 bits per heavy atom. The zero-order chi connectivity index (χ0) is 14.8. The maximum Gasteiger partial charge on any atom is 0.257 e. The van der Waals surface area contributed by atoms with Gasteiger partial charge in [0.2, 0.25) is 0 Å². The van der Waals surface area contributed by atoms with Gasteiger partial charge in [-0.05, 0) is 19.0 Å². The maximum atomic E-state index is 12.7. The minimum atomic E-state index is -0.0348. The van der Waals surface area contributed by atoms with E-state index in [0.717, 1.165) is 25.1 Å². The molecule has 2 aromatic rings. The lowest BCUT2D eigenvalue weighted by Crippen LogP contribution is -2.38. The fourth-order valence-corrected chi connectivity index (χ4v) is 2.87. The molecule has 0 aliphatic carbocycles. The van der Waals surface area contributed by atoms with Crippen molar-refractivity contribution < 1.29 is 4.79 Å². The normalized spacial score (nSPS) is 17.9. The lowest BCUT2D eigenvalue weighted by atomic mass is 10.1. The number of likely N-dealkylation sites (N-methyl/N-ethyl adjacent to an activating group) is 1. The third kappa shape index (κ3) is 2.66. The maximum absolute atomic E-state index is 12.7. The molecule has 1 aliphatic rings. The van der Waals surface area contributed by atoms with Crippen LogP contribution in [0.1, 0.15) is 16.8 Å². The number of carbonyl (C=O) groups is 1. The second-order valence-corrected chi connectivity index (χ2v) is 5.61. The summed E-state index contributed by atoms with van der Waals surface area (Å²) >= 11 is 6.22. The summed E-state index contributed by atoms with van der Waals surface area (Å²) in [4.78, 5) is 14.5. The van der Waals surface area contributed by atoms with Gasteiger partial charge in [-0.25, -0.2) is 0 Å². The van der Waals surface area contributed by atoms with Crippen LogP contribution in [-0.2, 0) is 0 Å². The molecule has 6 heteroatoms. The largest absolute Gasteiger partial charge is 0.337 e. The van der Waals surface area contributed by atoms with E-state index in [2.05, 4.69) is 15.5 Å². The molecule has 1 atom stereocenters. The third-order valence-corrected chi connectivity index (χ3v) is 4.24. The van der Waals surface area contributed by atoms with E-state index in [4.69, 9.17) is 11.6 Å². The van der Waals surface area contributed by atoms with E-state index in [9.17, 15) is 4.79 Å². The molecule has 0 spiro atoms. The summed E-state index contributed by atoms with van der Waals surface area (Å²) in [7, 11) is 1.84. The molecular formula is C15H17ClN4O. The Morgan fingerprint density at radius 3 is 2.95 bits per heavy atom. The Balaban J connectivity index is 1.92. The van der Waals surface area contributed by atoms with Crippen molar-refractivity contribution in [3.8, 4) is 11.3 Å². The number of nitrogens with zero attached hydrogens (tertiary/aromatic N) is 2. The first-order valence-corrected chi connectivity index (χ1v) is 7.32. The zero-order valence-corrected chi connectivity index (χ0v) is 12.5. The van der Waals surface area contributed by atoms with Crippen molar-refractivity contribution in [1.29, 1.82) is 0 Å². The van der Waals surface area contributed by atoms with E-state index in [1.807, 2.05) is 25.2 Å². The molecular weight excluding hydrogens is 288 g/mol. The second kappa shape index (κ2) is 5.87. The molecule has 110 valence electrons. The molecule has 5 nitrogen and oxygen atoms in total. The van der Waals surface area contributed by atoms with Gasteiger partial charge in [0.1, 0.15) is 0 Å². The quantitative estimate of drug-likeness (QED) is 0.913. The van der Waals surface area contributed by atoms with Crippen LogP contribution < -0.4 is 5.32 Å². The number of halogens is 1. The van der Waals surface area contributed by atoms with Crippen LogP contribution >= 0.6 is 11.6 Å². The van der Waals surface area contributed by atoms with Crippen LogP contribution in [0.5, 0.6) is 0 Å². The SMILES string of the molecule is CN(C(=O)c1cn[nH]c1-c1ccccc1Cl)[C@@H]1CCNC1. The molecule has 2 heterocycles. The fourth-order valence-electron chi connectivity index (χ4n) is 2.64. The van der Waals surface area contributed by atoms with E-state index in [1.165, 1.54) is 0 Å². The molecule has 1 aliphatic heterocycles. The topological polar surface area (TPSA) is 61.0 Å². The Kier molecular flexibility index (Phi) is 3.94. The average Bonchev–Trinajstić information content (AvgIpc) is 3.17. The van der Waals surface area contributed by atoms with Gasteiger partial charge < -0.3 is 10.2 Å². The molecule has 1 aromatic heterocycles. The standard InChI is InChI=1S/C15H17ClN4O/c1-20(10-6-7-17-8-10)15(21)12-9-18-19-14(12)11-4-2-3-5-13(11)16/h2-5,9-10,17H,6-8H2,1H3,(H,18,19)/t10-/m1/s1. The highest BCUT2D eigenvalue weighted by molar-refractivity contribution is 6.33. The number of benzene rings is 1. The van der Waals surface area contributed by atoms with Crippen LogP contribution in [-0.4, -0.2) is 47.2 Å². The van der Waals surface area contributed by atoms with Crippen LogP contribution in [0.2, 0.25) is 5.02 Å². The number of rotatable bonds is 3. The Labute approximate surface area is 128 Å². The van der Waals surface area contributed by atoms with Crippen molar-refractivity contribution >= 4 is 17.5 Å². The summed E-state index contributed by atoms with van der Waals surface area (Å²) in [6.07, 6.45) is 2.54. The predicted molar refractivity (Wildman–Crippen MR) is 82.4 cm³/mol. The van der Waals surface area contributed by atoms with Gasteiger partial charge in [-0.15, -0.1) is 0 Å². The van der Waals surface area contributed by atoms with E-state index in [1.54, 1.807) is 17.2 Å². The van der Waals surface area contributed by atoms with E-state index in [0.29, 0.717) is 16.3 Å². The highest BCUT2D eigenvalue weighted by Gasteiger charge is 2.27. The van der Waals surface area contributed by atoms with Gasteiger partial charge in [-0.2, -0.15) is 5.10 Å². The first-order chi connectivity index (χ1) is 10.2. The lowest BCUT2D eigenvalue weighted by molar-refractivity contribution is 0.0744. The summed E-state index contributed by atoms with van der Waals surface area (Å²) in [6.45, 7) is 1.78. The average molecular weight is 305 g/mol. The molecule has 0 radical (unpaired) electrons. The van der Waals surface area contributed by atoms with Crippen molar-refractivity contribution in [1.82, 2.24) is 20.4 Å². The van der Waals surface area contributed by atoms with E-state index < -0.39 is 0 Å². The minimum Gasteiger partial charge on any atom is -0.337 e. The van der Waals surface area contributed by atoms with Crippen molar-refractivity contribution in [3.05, 3.63) is 41.0 Å². The second-order valence-electron chi connectivity index (χ2n) is 5.20. The number of amides is 1. The van der Waals surface area contributed by atoms with Crippen molar-refractivity contribution in [2.45, 2.75) is 12.5 Å². The zero-order valence-electron chi connectivity index (χ0n) is 11.8. The van der Waals surface area contributed by atoms with Crippen LogP contribution in [0.25, 0.3) is 11.3 Å². The van der Waals surface area contributed by atoms with E-state index in [-0.39, 0.29) is 11.9 Å². The number of aromatic amines is 1. The highest BCUT2D eigenvalue weighted by atomic mass is 35.5. The summed E-state index contributed by atoms with van der Waals surface area (Å²) < 4.78 is 0. The first-order valence-electron chi connectivity index (χ1n) is 6.94. The number of nitrogens with one attached hydrogen (secondary N) is 2. The van der Waals surface area contributed by atoms with Crippen LogP contribution in [0, 0.1) is 0 Å². The molecule has 3 rings (SSSR count). The van der Waals surface area contributed by atoms with Crippen LogP contribution in [0.15, 0.2) is 30.5 Å². The molecule has 0 unspecified atom stereocenters. The number of carbonyl (C=O) groups excluding carboxylic acids is 1. The first kappa shape index (κ1) is 14.1. The lowest BCUT2D eigenvalue weighted by Gasteiger charge is -2.23. The third-order valence-electron chi connectivity index (χ3n) is 3.92. The Morgan fingerprint density at radius 2 is 2.24 bits per heavy atom. The van der Waals surface area contributed by atoms with Crippen molar-refractivity contribution in [2.75, 3.05) is 20.1 Å². The monoisotopic (exact) mass is 304 g/mol. The number of hydrogen-bond donors (Lipinski definition) is 2. The molecule has 21 heavy (non-hydrogen) atoms. The van der Waals surface area contributed by atoms with E-state index >= 15 is 0 Å². The van der Waals surface area contributed by atoms with Gasteiger partial charge in [-0.3, -0.25) is 9.89 Å². The molecule has 1 aromatic carbocycles. The summed E-state index contributed by atoms with van der Waals surface area (Å²) in [5.41, 5.74) is 2.01.